The van der Waals surface area contributed by atoms with Gasteiger partial charge in [0.05, 0.1) is 33.2 Å². The average Bonchev–Trinajstić information content (AvgIpc) is 3.60. The number of aliphatic hydroxyl groups is 1. The molecule has 7 nitrogen and oxygen atoms in total. The first-order valence-corrected chi connectivity index (χ1v) is 16.6. The van der Waals surface area contributed by atoms with E-state index >= 15 is 0 Å². The molecule has 1 saturated heterocycles. The van der Waals surface area contributed by atoms with Crippen LogP contribution in [0.2, 0.25) is 5.02 Å². The molecule has 2 aliphatic rings. The number of benzene rings is 2. The van der Waals surface area contributed by atoms with Crippen LogP contribution < -0.4 is 0 Å². The number of thiophene rings is 1. The molecule has 1 aliphatic heterocycles. The van der Waals surface area contributed by atoms with Gasteiger partial charge in [0, 0.05) is 29.1 Å². The third-order valence-electron chi connectivity index (χ3n) is 9.22. The summed E-state index contributed by atoms with van der Waals surface area (Å²) in [5.41, 5.74) is 6.50. The van der Waals surface area contributed by atoms with Gasteiger partial charge in [-0.2, -0.15) is 0 Å². The first-order valence-electron chi connectivity index (χ1n) is 15.4. The number of likely N-dealkylation sites (tertiary alicyclic amines) is 1. The minimum atomic E-state index is -0.948. The van der Waals surface area contributed by atoms with Gasteiger partial charge in [0.15, 0.2) is 0 Å². The Morgan fingerprint density at radius 2 is 1.73 bits per heavy atom. The van der Waals surface area contributed by atoms with Gasteiger partial charge in [-0.3, -0.25) is 4.79 Å². The van der Waals surface area contributed by atoms with Crippen molar-refractivity contribution < 1.29 is 19.8 Å². The zero-order chi connectivity index (χ0) is 30.4. The SMILES string of the molecule is O=C(O)c1cc2c(s1)c(C1CCCCC1)c(-c1ccc3nc(-c4ccccc4Cl)ccc3c1)n2CC(=O)N1CCC(O)CC1. The van der Waals surface area contributed by atoms with E-state index in [-0.39, 0.29) is 23.4 Å². The van der Waals surface area contributed by atoms with E-state index in [1.807, 2.05) is 41.3 Å². The Hall–Kier alpha value is -3.72. The van der Waals surface area contributed by atoms with Crippen molar-refractivity contribution in [2.24, 2.45) is 0 Å². The number of aromatic carboxylic acids is 1. The molecule has 0 spiro atoms. The second-order valence-electron chi connectivity index (χ2n) is 12.0. The Morgan fingerprint density at radius 3 is 2.48 bits per heavy atom. The third kappa shape index (κ3) is 5.40. The molecule has 2 N–H and O–H groups in total. The van der Waals surface area contributed by atoms with Crippen LogP contribution in [-0.2, 0) is 11.3 Å². The molecular formula is C35H34ClN3O4S. The number of amides is 1. The summed E-state index contributed by atoms with van der Waals surface area (Å²) >= 11 is 7.78. The Morgan fingerprint density at radius 1 is 0.955 bits per heavy atom. The summed E-state index contributed by atoms with van der Waals surface area (Å²) in [6.45, 7) is 1.16. The molecule has 5 aromatic rings. The molecule has 3 aromatic heterocycles. The number of fused-ring (bicyclic) bond motifs is 2. The average molecular weight is 628 g/mol. The molecule has 0 bridgehead atoms. The fraction of sp³-hybridized carbons (Fsp3) is 0.343. The lowest BCUT2D eigenvalue weighted by Gasteiger charge is -2.30. The quantitative estimate of drug-likeness (QED) is 0.199. The molecule has 9 heteroatoms. The summed E-state index contributed by atoms with van der Waals surface area (Å²) in [5.74, 6) is -0.670. The first-order chi connectivity index (χ1) is 21.4. The van der Waals surface area contributed by atoms with Crippen molar-refractivity contribution in [3.05, 3.63) is 76.1 Å². The number of nitrogens with zero attached hydrogens (tertiary/aromatic N) is 3. The molecular weight excluding hydrogens is 594 g/mol. The molecule has 7 rings (SSSR count). The van der Waals surface area contributed by atoms with E-state index in [2.05, 4.69) is 22.8 Å². The van der Waals surface area contributed by atoms with Crippen LogP contribution in [-0.4, -0.2) is 55.7 Å². The number of pyridine rings is 1. The van der Waals surface area contributed by atoms with Crippen molar-refractivity contribution in [3.8, 4) is 22.5 Å². The van der Waals surface area contributed by atoms with Crippen LogP contribution in [0.25, 0.3) is 43.6 Å². The van der Waals surface area contributed by atoms with Crippen LogP contribution in [0.15, 0.2) is 60.7 Å². The predicted octanol–water partition coefficient (Wildman–Crippen LogP) is 7.97. The van der Waals surface area contributed by atoms with E-state index in [0.717, 1.165) is 69.3 Å². The zero-order valence-corrected chi connectivity index (χ0v) is 25.9. The predicted molar refractivity (Wildman–Crippen MR) is 176 cm³/mol. The maximum atomic E-state index is 13.7. The van der Waals surface area contributed by atoms with E-state index < -0.39 is 5.97 Å². The number of carboxylic acid groups (broad SMARTS) is 1. The topological polar surface area (TPSA) is 95.7 Å². The highest BCUT2D eigenvalue weighted by Crippen LogP contribution is 2.47. The fourth-order valence-corrected chi connectivity index (χ4v) is 8.30. The number of rotatable bonds is 6. The summed E-state index contributed by atoms with van der Waals surface area (Å²) in [6, 6.07) is 19.7. The minimum absolute atomic E-state index is 0.0137. The number of carbonyl (C=O) groups excluding carboxylic acids is 1. The molecule has 1 aliphatic carbocycles. The molecule has 44 heavy (non-hydrogen) atoms. The monoisotopic (exact) mass is 627 g/mol. The maximum absolute atomic E-state index is 13.7. The van der Waals surface area contributed by atoms with Crippen molar-refractivity contribution in [1.29, 1.82) is 0 Å². The zero-order valence-electron chi connectivity index (χ0n) is 24.3. The summed E-state index contributed by atoms with van der Waals surface area (Å²) < 4.78 is 3.03. The third-order valence-corrected chi connectivity index (χ3v) is 10.7. The molecule has 2 fully saturated rings. The highest BCUT2D eigenvalue weighted by Gasteiger charge is 2.31. The largest absolute Gasteiger partial charge is 0.477 e. The van der Waals surface area contributed by atoms with Gasteiger partial charge in [0.1, 0.15) is 11.4 Å². The highest BCUT2D eigenvalue weighted by atomic mass is 35.5. The Balaban J connectivity index is 1.38. The van der Waals surface area contributed by atoms with Gasteiger partial charge in [-0.05, 0) is 73.1 Å². The lowest BCUT2D eigenvalue weighted by Crippen LogP contribution is -2.41. The van der Waals surface area contributed by atoms with E-state index in [0.29, 0.717) is 36.9 Å². The van der Waals surface area contributed by atoms with Gasteiger partial charge >= 0.3 is 5.97 Å². The first kappa shape index (κ1) is 29.0. The number of piperidine rings is 1. The molecule has 4 heterocycles. The lowest BCUT2D eigenvalue weighted by molar-refractivity contribution is -0.133. The number of aromatic nitrogens is 2. The van der Waals surface area contributed by atoms with Gasteiger partial charge < -0.3 is 19.7 Å². The number of carboxylic acids is 1. The van der Waals surface area contributed by atoms with E-state index in [9.17, 15) is 19.8 Å². The smallest absolute Gasteiger partial charge is 0.345 e. The van der Waals surface area contributed by atoms with Gasteiger partial charge in [-0.25, -0.2) is 9.78 Å². The van der Waals surface area contributed by atoms with Crippen molar-refractivity contribution >= 4 is 55.9 Å². The second-order valence-corrected chi connectivity index (χ2v) is 13.5. The van der Waals surface area contributed by atoms with Crippen LogP contribution >= 0.6 is 22.9 Å². The van der Waals surface area contributed by atoms with Crippen molar-refractivity contribution in [3.63, 3.8) is 0 Å². The van der Waals surface area contributed by atoms with Crippen LogP contribution in [0, 0.1) is 0 Å². The highest BCUT2D eigenvalue weighted by molar-refractivity contribution is 7.21. The summed E-state index contributed by atoms with van der Waals surface area (Å²) in [4.78, 5) is 32.9. The Labute approximate surface area is 264 Å². The number of halogens is 1. The van der Waals surface area contributed by atoms with Gasteiger partial charge in [-0.15, -0.1) is 11.3 Å². The van der Waals surface area contributed by atoms with E-state index in [1.54, 1.807) is 6.07 Å². The molecule has 1 amide bonds. The van der Waals surface area contributed by atoms with Crippen LogP contribution in [0.3, 0.4) is 0 Å². The van der Waals surface area contributed by atoms with Gasteiger partial charge in [0.25, 0.3) is 0 Å². The Kier molecular flexibility index (Phi) is 7.91. The molecule has 0 atom stereocenters. The second kappa shape index (κ2) is 12.0. The van der Waals surface area contributed by atoms with Gasteiger partial charge in [0.2, 0.25) is 5.91 Å². The molecule has 1 saturated carbocycles. The molecule has 0 radical (unpaired) electrons. The Bertz CT molecular complexity index is 1880. The van der Waals surface area contributed by atoms with Crippen LogP contribution in [0.4, 0.5) is 0 Å². The summed E-state index contributed by atoms with van der Waals surface area (Å²) in [6.07, 6.45) is 6.33. The lowest BCUT2D eigenvalue weighted by atomic mass is 9.83. The fourth-order valence-electron chi connectivity index (χ4n) is 6.94. The standard InChI is InChI=1S/C35H34ClN3O4S/c36-26-9-5-4-8-25(26)28-13-10-22-18-23(11-12-27(22)37-28)33-32(21-6-2-1-3-7-21)34-29(19-30(44-34)35(42)43)39(33)20-31(41)38-16-14-24(40)15-17-38/h4-5,8-13,18-19,21,24,40H,1-3,6-7,14-17,20H2,(H,42,43). The van der Waals surface area contributed by atoms with E-state index in [1.165, 1.54) is 23.3 Å². The maximum Gasteiger partial charge on any atom is 0.345 e. The number of carbonyl (C=O) groups is 2. The molecule has 2 aromatic carbocycles. The summed E-state index contributed by atoms with van der Waals surface area (Å²) in [7, 11) is 0. The normalized spacial score (nSPS) is 16.6. The molecule has 226 valence electrons. The molecule has 0 unspecified atom stereocenters. The minimum Gasteiger partial charge on any atom is -0.477 e. The van der Waals surface area contributed by atoms with Crippen LogP contribution in [0.1, 0.15) is 66.1 Å². The van der Waals surface area contributed by atoms with Gasteiger partial charge in [-0.1, -0.05) is 61.2 Å². The van der Waals surface area contributed by atoms with Crippen LogP contribution in [0.5, 0.6) is 0 Å². The van der Waals surface area contributed by atoms with Crippen molar-refractivity contribution in [1.82, 2.24) is 14.5 Å². The van der Waals surface area contributed by atoms with Crippen molar-refractivity contribution in [2.75, 3.05) is 13.1 Å². The van der Waals surface area contributed by atoms with Crippen molar-refractivity contribution in [2.45, 2.75) is 63.5 Å². The summed E-state index contributed by atoms with van der Waals surface area (Å²) in [5, 5.41) is 21.6. The van der Waals surface area contributed by atoms with E-state index in [4.69, 9.17) is 16.6 Å². The number of aliphatic hydroxyl groups excluding tert-OH is 1. The number of hydrogen-bond donors (Lipinski definition) is 2. The number of hydrogen-bond acceptors (Lipinski definition) is 5.